The Morgan fingerprint density at radius 1 is 0.839 bits per heavy atom. The monoisotopic (exact) mass is 770 g/mol. The fraction of sp³-hybridized carbons (Fsp3) is 0.415. The average molecular weight is 771 g/mol. The first-order chi connectivity index (χ1) is 27.0. The van der Waals surface area contributed by atoms with E-state index in [9.17, 15) is 28.8 Å². The van der Waals surface area contributed by atoms with Crippen molar-refractivity contribution in [2.24, 2.45) is 0 Å². The Bertz CT molecular complexity index is 1890. The summed E-state index contributed by atoms with van der Waals surface area (Å²) in [6.45, 7) is 1.78. The van der Waals surface area contributed by atoms with Crippen molar-refractivity contribution in [2.75, 3.05) is 33.9 Å². The zero-order valence-electron chi connectivity index (χ0n) is 32.0. The van der Waals surface area contributed by atoms with Crippen LogP contribution in [0.2, 0.25) is 0 Å². The lowest BCUT2D eigenvalue weighted by Gasteiger charge is -2.26. The van der Waals surface area contributed by atoms with Crippen molar-refractivity contribution >= 4 is 35.4 Å². The number of aryl methyl sites for hydroxylation is 1. The van der Waals surface area contributed by atoms with Gasteiger partial charge in [0.25, 0.3) is 5.91 Å². The molecule has 0 aliphatic carbocycles. The van der Waals surface area contributed by atoms with Gasteiger partial charge in [-0.05, 0) is 74.9 Å². The third-order valence-corrected chi connectivity index (χ3v) is 9.67. The fourth-order valence-corrected chi connectivity index (χ4v) is 6.51. The molecule has 3 aromatic carbocycles. The largest absolute Gasteiger partial charge is 0.496 e. The molecule has 1 fully saturated rings. The number of rotatable bonds is 7. The summed E-state index contributed by atoms with van der Waals surface area (Å²) in [7, 11) is 2.98. The zero-order valence-corrected chi connectivity index (χ0v) is 32.0. The molecule has 3 atom stereocenters. The number of nitrogens with one attached hydrogen (secondary N) is 5. The minimum absolute atomic E-state index is 0.0252. The van der Waals surface area contributed by atoms with Crippen LogP contribution in [0.15, 0.2) is 66.7 Å². The summed E-state index contributed by atoms with van der Waals surface area (Å²) in [6.07, 6.45) is 2.51. The van der Waals surface area contributed by atoms with Gasteiger partial charge in [0.2, 0.25) is 29.5 Å². The van der Waals surface area contributed by atoms with E-state index in [1.165, 1.54) is 19.1 Å². The van der Waals surface area contributed by atoms with Gasteiger partial charge in [-0.2, -0.15) is 0 Å². The Balaban J connectivity index is 1.38. The summed E-state index contributed by atoms with van der Waals surface area (Å²) < 4.78 is 17.2. The van der Waals surface area contributed by atoms with Crippen molar-refractivity contribution in [3.63, 3.8) is 0 Å². The highest BCUT2D eigenvalue weighted by Crippen LogP contribution is 2.35. The number of fused-ring (bicyclic) bond motifs is 18. The number of carbonyl (C=O) groups excluding carboxylic acids is 6. The molecule has 298 valence electrons. The standard InChI is InChI=1S/C41H50N6O9/c1-26-39(51)43-24-29-12-15-31(23-34(29)55-3)56-35-21-28(13-17-33(35)54-2)40(52)42-19-7-8-20-47(38(50)22-30-14-18-36(48)45-30)25-37(49)46-32(41(53)44-26)16-11-27-9-5-4-6-10-27/h4-6,9-10,12-13,15,17,21,23,26,30,32H,7-8,11,14,16,18-20,22,24-25H2,1-3H3,(H,42,52)(H,43,51)(H,44,53)(H,45,48)(H,46,49)/t26-,30-,32-/m0/s1. The van der Waals surface area contributed by atoms with Crippen molar-refractivity contribution in [3.8, 4) is 23.0 Å². The van der Waals surface area contributed by atoms with Gasteiger partial charge in [-0.3, -0.25) is 28.8 Å². The van der Waals surface area contributed by atoms with Crippen LogP contribution in [-0.2, 0) is 36.9 Å². The lowest BCUT2D eigenvalue weighted by atomic mass is 10.0. The van der Waals surface area contributed by atoms with Crippen LogP contribution in [0.5, 0.6) is 23.0 Å². The van der Waals surface area contributed by atoms with E-state index in [-0.39, 0.29) is 56.2 Å². The molecule has 6 rings (SSSR count). The third-order valence-electron chi connectivity index (χ3n) is 9.67. The minimum atomic E-state index is -1.02. The summed E-state index contributed by atoms with van der Waals surface area (Å²) >= 11 is 0. The zero-order chi connectivity index (χ0) is 40.0. The van der Waals surface area contributed by atoms with Crippen LogP contribution in [0.3, 0.4) is 0 Å². The molecule has 3 aliphatic heterocycles. The molecule has 1 saturated heterocycles. The Hall–Kier alpha value is -6.12. The molecule has 15 heteroatoms. The van der Waals surface area contributed by atoms with Crippen LogP contribution in [-0.4, -0.2) is 92.3 Å². The van der Waals surface area contributed by atoms with E-state index in [1.54, 1.807) is 43.3 Å². The van der Waals surface area contributed by atoms with Gasteiger partial charge < -0.3 is 45.7 Å². The predicted octanol–water partition coefficient (Wildman–Crippen LogP) is 2.76. The maximum absolute atomic E-state index is 13.7. The van der Waals surface area contributed by atoms with Gasteiger partial charge in [0.05, 0.1) is 20.8 Å². The van der Waals surface area contributed by atoms with E-state index in [4.69, 9.17) is 14.2 Å². The highest BCUT2D eigenvalue weighted by Gasteiger charge is 2.29. The van der Waals surface area contributed by atoms with E-state index in [2.05, 4.69) is 26.6 Å². The summed E-state index contributed by atoms with van der Waals surface area (Å²) in [5.41, 5.74) is 1.93. The lowest BCUT2D eigenvalue weighted by Crippen LogP contribution is -2.54. The number of hydrogen-bond donors (Lipinski definition) is 5. The number of benzene rings is 3. The summed E-state index contributed by atoms with van der Waals surface area (Å²) in [4.78, 5) is 80.5. The number of hydrogen-bond acceptors (Lipinski definition) is 9. The van der Waals surface area contributed by atoms with Gasteiger partial charge in [-0.25, -0.2) is 0 Å². The minimum Gasteiger partial charge on any atom is -0.496 e. The molecule has 56 heavy (non-hydrogen) atoms. The Labute approximate surface area is 326 Å². The van der Waals surface area contributed by atoms with Crippen LogP contribution in [0.1, 0.15) is 66.9 Å². The maximum atomic E-state index is 13.7. The molecule has 0 saturated carbocycles. The number of ether oxygens (including phenoxy) is 3. The highest BCUT2D eigenvalue weighted by molar-refractivity contribution is 5.95. The number of amides is 6. The van der Waals surface area contributed by atoms with Crippen LogP contribution < -0.4 is 40.8 Å². The number of nitrogens with zero attached hydrogens (tertiary/aromatic N) is 1. The van der Waals surface area contributed by atoms with Crippen molar-refractivity contribution in [2.45, 2.75) is 76.5 Å². The number of carbonyl (C=O) groups is 6. The molecule has 3 heterocycles. The second kappa shape index (κ2) is 20.0. The van der Waals surface area contributed by atoms with Gasteiger partial charge in [0.1, 0.15) is 23.6 Å². The predicted molar refractivity (Wildman–Crippen MR) is 206 cm³/mol. The van der Waals surface area contributed by atoms with Gasteiger partial charge in [-0.1, -0.05) is 30.3 Å². The van der Waals surface area contributed by atoms with Crippen LogP contribution in [0, 0.1) is 0 Å². The van der Waals surface area contributed by atoms with Crippen molar-refractivity contribution < 1.29 is 43.0 Å². The Morgan fingerprint density at radius 2 is 1.62 bits per heavy atom. The topological polar surface area (TPSA) is 193 Å². The molecule has 5 N–H and O–H groups in total. The summed E-state index contributed by atoms with van der Waals surface area (Å²) in [5.74, 6) is -0.822. The molecular weight excluding hydrogens is 720 g/mol. The van der Waals surface area contributed by atoms with E-state index in [1.807, 2.05) is 30.3 Å². The van der Waals surface area contributed by atoms with Gasteiger partial charge in [0, 0.05) is 55.7 Å². The second-order valence-corrected chi connectivity index (χ2v) is 13.8. The van der Waals surface area contributed by atoms with Crippen LogP contribution in [0.25, 0.3) is 0 Å². The van der Waals surface area contributed by atoms with Crippen LogP contribution in [0.4, 0.5) is 0 Å². The van der Waals surface area contributed by atoms with Crippen LogP contribution >= 0.6 is 0 Å². The van der Waals surface area contributed by atoms with Gasteiger partial charge >= 0.3 is 0 Å². The number of methoxy groups -OCH3 is 2. The normalized spacial score (nSPS) is 20.2. The molecule has 3 aliphatic rings. The van der Waals surface area contributed by atoms with Gasteiger partial charge in [-0.15, -0.1) is 0 Å². The van der Waals surface area contributed by atoms with E-state index >= 15 is 0 Å². The van der Waals surface area contributed by atoms with Crippen molar-refractivity contribution in [1.29, 1.82) is 0 Å². The smallest absolute Gasteiger partial charge is 0.251 e. The molecule has 3 aromatic rings. The molecule has 15 nitrogen and oxygen atoms in total. The van der Waals surface area contributed by atoms with Gasteiger partial charge in [0.15, 0.2) is 11.5 Å². The molecule has 0 radical (unpaired) electrons. The van der Waals surface area contributed by atoms with E-state index in [0.717, 1.165) is 5.56 Å². The first-order valence-electron chi connectivity index (χ1n) is 18.8. The molecule has 0 unspecified atom stereocenters. The molecule has 0 aromatic heterocycles. The molecule has 4 bridgehead atoms. The second-order valence-electron chi connectivity index (χ2n) is 13.8. The Morgan fingerprint density at radius 3 is 2.36 bits per heavy atom. The highest BCUT2D eigenvalue weighted by atomic mass is 16.5. The first-order valence-corrected chi connectivity index (χ1v) is 18.8. The molecule has 6 amide bonds. The Kier molecular flexibility index (Phi) is 14.7. The SMILES string of the molecule is COc1cc2ccc1CNC(=O)[C@H](C)NC(=O)[C@H](CCc1ccccc1)NC(=O)CN(C(=O)C[C@@H]1CCC(=O)N1)CCCCNC(=O)c1ccc(OC)c(c1)O2. The fourth-order valence-electron chi connectivity index (χ4n) is 6.51. The molecular formula is C41H50N6O9. The van der Waals surface area contributed by atoms with Crippen molar-refractivity contribution in [3.05, 3.63) is 83.4 Å². The van der Waals surface area contributed by atoms with E-state index in [0.29, 0.717) is 72.8 Å². The third kappa shape index (κ3) is 11.7. The first kappa shape index (κ1) is 41.1. The maximum Gasteiger partial charge on any atom is 0.251 e. The van der Waals surface area contributed by atoms with Crippen molar-refractivity contribution in [1.82, 2.24) is 31.5 Å². The summed E-state index contributed by atoms with van der Waals surface area (Å²) in [6, 6.07) is 17.1. The summed E-state index contributed by atoms with van der Waals surface area (Å²) in [5, 5.41) is 14.1. The lowest BCUT2D eigenvalue weighted by molar-refractivity contribution is -0.137. The average Bonchev–Trinajstić information content (AvgIpc) is 3.61. The van der Waals surface area contributed by atoms with E-state index < -0.39 is 29.8 Å². The molecule has 0 spiro atoms. The quantitative estimate of drug-likeness (QED) is 0.225.